The Balaban J connectivity index is 1.82. The number of alkyl carbamates (subject to hydrolysis) is 1. The molecule has 3 rings (SSSR count). The average Bonchev–Trinajstić information content (AvgIpc) is 2.67. The molecule has 0 radical (unpaired) electrons. The van der Waals surface area contributed by atoms with Crippen molar-refractivity contribution in [3.8, 4) is 16.9 Å². The minimum absolute atomic E-state index is 0.183. The second-order valence-electron chi connectivity index (χ2n) is 8.32. The van der Waals surface area contributed by atoms with Crippen LogP contribution in [-0.4, -0.2) is 23.7 Å². The van der Waals surface area contributed by atoms with E-state index < -0.39 is 23.7 Å². The number of rotatable bonds is 4. The van der Waals surface area contributed by atoms with E-state index in [0.29, 0.717) is 27.3 Å². The first-order valence-electron chi connectivity index (χ1n) is 9.99. The van der Waals surface area contributed by atoms with E-state index in [4.69, 9.17) is 25.5 Å². The number of amides is 1. The summed E-state index contributed by atoms with van der Waals surface area (Å²) < 4.78 is 16.3. The number of halogens is 1. The molecule has 0 bridgehead atoms. The van der Waals surface area contributed by atoms with Gasteiger partial charge in [0.15, 0.2) is 0 Å². The Labute approximate surface area is 190 Å². The summed E-state index contributed by atoms with van der Waals surface area (Å²) in [5.74, 6) is -0.0811. The van der Waals surface area contributed by atoms with Crippen LogP contribution in [0.3, 0.4) is 0 Å². The summed E-state index contributed by atoms with van der Waals surface area (Å²) in [6, 6.07) is 10.5. The summed E-state index contributed by atoms with van der Waals surface area (Å²) in [6.45, 7) is 8.34. The zero-order valence-electron chi connectivity index (χ0n) is 18.4. The van der Waals surface area contributed by atoms with Gasteiger partial charge in [-0.3, -0.25) is 4.79 Å². The molecule has 1 N–H and O–H groups in total. The molecule has 168 valence electrons. The second kappa shape index (κ2) is 9.04. The van der Waals surface area contributed by atoms with E-state index in [1.807, 2.05) is 0 Å². The number of carbonyl (C=O) groups is 2. The normalized spacial score (nSPS) is 12.3. The monoisotopic (exact) mass is 457 g/mol. The third kappa shape index (κ3) is 5.48. The lowest BCUT2D eigenvalue weighted by molar-refractivity contribution is -0.136. The maximum atomic E-state index is 13.0. The van der Waals surface area contributed by atoms with Gasteiger partial charge in [0.05, 0.1) is 10.9 Å². The number of hydrogen-bond acceptors (Lipinski definition) is 6. The number of fused-ring (bicyclic) bond motifs is 1. The molecule has 8 heteroatoms. The minimum atomic E-state index is -0.943. The van der Waals surface area contributed by atoms with Crippen molar-refractivity contribution in [2.24, 2.45) is 0 Å². The first-order valence-corrected chi connectivity index (χ1v) is 10.4. The van der Waals surface area contributed by atoms with Crippen molar-refractivity contribution in [1.29, 1.82) is 0 Å². The number of benzene rings is 2. The highest BCUT2D eigenvalue weighted by molar-refractivity contribution is 6.30. The molecule has 0 aliphatic carbocycles. The van der Waals surface area contributed by atoms with Crippen LogP contribution in [0.25, 0.3) is 22.1 Å². The highest BCUT2D eigenvalue weighted by atomic mass is 35.5. The Morgan fingerprint density at radius 2 is 1.75 bits per heavy atom. The lowest BCUT2D eigenvalue weighted by atomic mass is 10.0. The summed E-state index contributed by atoms with van der Waals surface area (Å²) in [7, 11) is 0. The van der Waals surface area contributed by atoms with Crippen LogP contribution in [0.1, 0.15) is 33.5 Å². The molecule has 0 saturated heterocycles. The summed E-state index contributed by atoms with van der Waals surface area (Å²) in [5.41, 5.74) is 0.521. The van der Waals surface area contributed by atoms with E-state index in [2.05, 4.69) is 5.32 Å². The van der Waals surface area contributed by atoms with Gasteiger partial charge in [0.25, 0.3) is 0 Å². The van der Waals surface area contributed by atoms with Crippen LogP contribution in [-0.2, 0) is 9.53 Å². The molecule has 2 aromatic carbocycles. The van der Waals surface area contributed by atoms with Crippen molar-refractivity contribution in [2.75, 3.05) is 0 Å². The fourth-order valence-electron chi connectivity index (χ4n) is 3.05. The Bertz CT molecular complexity index is 1220. The van der Waals surface area contributed by atoms with E-state index in [0.717, 1.165) is 0 Å². The maximum Gasteiger partial charge on any atom is 0.408 e. The number of esters is 1. The van der Waals surface area contributed by atoms with Crippen LogP contribution in [0.2, 0.25) is 5.02 Å². The Kier molecular flexibility index (Phi) is 6.60. The van der Waals surface area contributed by atoms with E-state index >= 15 is 0 Å². The lowest BCUT2D eigenvalue weighted by Crippen LogP contribution is -2.43. The van der Waals surface area contributed by atoms with Crippen LogP contribution in [0.5, 0.6) is 5.75 Å². The van der Waals surface area contributed by atoms with Gasteiger partial charge >= 0.3 is 12.1 Å². The second-order valence-corrected chi connectivity index (χ2v) is 8.75. The summed E-state index contributed by atoms with van der Waals surface area (Å²) in [4.78, 5) is 37.2. The molecule has 0 spiro atoms. The van der Waals surface area contributed by atoms with Gasteiger partial charge in [-0.05, 0) is 64.4 Å². The number of nitrogens with one attached hydrogen (secondary N) is 1. The third-order valence-electron chi connectivity index (χ3n) is 4.48. The van der Waals surface area contributed by atoms with Gasteiger partial charge in [-0.1, -0.05) is 23.7 Å². The van der Waals surface area contributed by atoms with Crippen molar-refractivity contribution >= 4 is 34.6 Å². The number of hydrogen-bond donors (Lipinski definition) is 1. The lowest BCUT2D eigenvalue weighted by Gasteiger charge is -2.21. The largest absolute Gasteiger partial charge is 0.460 e. The smallest absolute Gasteiger partial charge is 0.408 e. The predicted octanol–water partition coefficient (Wildman–Crippen LogP) is 5.24. The fraction of sp³-hybridized carbons (Fsp3) is 0.292. The molecule has 0 unspecified atom stereocenters. The zero-order valence-corrected chi connectivity index (χ0v) is 19.2. The van der Waals surface area contributed by atoms with Crippen molar-refractivity contribution in [3.05, 3.63) is 63.5 Å². The third-order valence-corrected chi connectivity index (χ3v) is 4.73. The SMILES string of the molecule is Cc1oc2cc(OC(=O)[C@@H](C)NC(=O)OC(C)(C)C)ccc2c(=O)c1-c1ccc(Cl)cc1. The van der Waals surface area contributed by atoms with E-state index in [1.54, 1.807) is 52.0 Å². The highest BCUT2D eigenvalue weighted by Gasteiger charge is 2.23. The average molecular weight is 458 g/mol. The van der Waals surface area contributed by atoms with Gasteiger partial charge in [-0.25, -0.2) is 9.59 Å². The van der Waals surface area contributed by atoms with Crippen LogP contribution < -0.4 is 15.5 Å². The van der Waals surface area contributed by atoms with E-state index in [9.17, 15) is 14.4 Å². The molecular formula is C24H24ClNO6. The zero-order chi connectivity index (χ0) is 23.6. The van der Waals surface area contributed by atoms with E-state index in [-0.39, 0.29) is 16.8 Å². The van der Waals surface area contributed by atoms with Crippen LogP contribution in [0.4, 0.5) is 4.79 Å². The van der Waals surface area contributed by atoms with Crippen molar-refractivity contribution in [3.63, 3.8) is 0 Å². The summed E-state index contributed by atoms with van der Waals surface area (Å²) in [5, 5.41) is 3.34. The Morgan fingerprint density at radius 1 is 1.09 bits per heavy atom. The predicted molar refractivity (Wildman–Crippen MR) is 122 cm³/mol. The van der Waals surface area contributed by atoms with Gasteiger partial charge in [-0.2, -0.15) is 0 Å². The summed E-state index contributed by atoms with van der Waals surface area (Å²) in [6.07, 6.45) is -0.725. The molecular weight excluding hydrogens is 434 g/mol. The van der Waals surface area contributed by atoms with Crippen LogP contribution in [0, 0.1) is 6.92 Å². The molecule has 0 saturated carbocycles. The minimum Gasteiger partial charge on any atom is -0.460 e. The molecule has 32 heavy (non-hydrogen) atoms. The standard InChI is InChI=1S/C24H24ClNO6/c1-13(26-23(29)32-24(3,4)5)22(28)31-17-10-11-18-19(12-17)30-14(2)20(21(18)27)15-6-8-16(25)9-7-15/h6-13H,1-5H3,(H,26,29)/t13-/m1/s1. The molecule has 1 atom stereocenters. The topological polar surface area (TPSA) is 94.8 Å². The maximum absolute atomic E-state index is 13.0. The first kappa shape index (κ1) is 23.3. The van der Waals surface area contributed by atoms with Crippen molar-refractivity contribution in [1.82, 2.24) is 5.32 Å². The molecule has 3 aromatic rings. The van der Waals surface area contributed by atoms with Gasteiger partial charge < -0.3 is 19.2 Å². The van der Waals surface area contributed by atoms with Crippen LogP contribution >= 0.6 is 11.6 Å². The molecule has 1 aromatic heterocycles. The van der Waals surface area contributed by atoms with Crippen molar-refractivity contribution in [2.45, 2.75) is 46.3 Å². The molecule has 1 heterocycles. The molecule has 0 aliphatic rings. The molecule has 1 amide bonds. The quantitative estimate of drug-likeness (QED) is 0.425. The number of ether oxygens (including phenoxy) is 2. The van der Waals surface area contributed by atoms with Gasteiger partial charge in [0.1, 0.15) is 28.7 Å². The fourth-order valence-corrected chi connectivity index (χ4v) is 3.17. The van der Waals surface area contributed by atoms with Crippen molar-refractivity contribution < 1.29 is 23.5 Å². The molecule has 7 nitrogen and oxygen atoms in total. The number of aryl methyl sites for hydroxylation is 1. The number of carbonyl (C=O) groups excluding carboxylic acids is 2. The first-order chi connectivity index (χ1) is 14.9. The molecule has 0 aliphatic heterocycles. The Hall–Kier alpha value is -3.32. The van der Waals surface area contributed by atoms with Gasteiger partial charge in [-0.15, -0.1) is 0 Å². The van der Waals surface area contributed by atoms with Gasteiger partial charge in [0.2, 0.25) is 5.43 Å². The summed E-state index contributed by atoms with van der Waals surface area (Å²) >= 11 is 5.94. The highest BCUT2D eigenvalue weighted by Crippen LogP contribution is 2.27. The van der Waals surface area contributed by atoms with Crippen LogP contribution in [0.15, 0.2) is 51.7 Å². The molecule has 0 fully saturated rings. The van der Waals surface area contributed by atoms with Gasteiger partial charge in [0, 0.05) is 11.1 Å². The van der Waals surface area contributed by atoms with E-state index in [1.165, 1.54) is 25.1 Å². The Morgan fingerprint density at radius 3 is 2.38 bits per heavy atom.